The van der Waals surface area contributed by atoms with E-state index in [2.05, 4.69) is 6.58 Å². The van der Waals surface area contributed by atoms with Gasteiger partial charge in [0.15, 0.2) is 11.6 Å². The van der Waals surface area contributed by atoms with Gasteiger partial charge in [-0.25, -0.2) is 4.79 Å². The average Bonchev–Trinajstić information content (AvgIpc) is 3.25. The smallest absolute Gasteiger partial charge is 0.329 e. The molecule has 3 fully saturated rings. The third-order valence-electron chi connectivity index (χ3n) is 14.2. The van der Waals surface area contributed by atoms with Crippen molar-refractivity contribution in [3.05, 3.63) is 60.3 Å². The number of amides is 1. The molecule has 0 aromatic carbocycles. The van der Waals surface area contributed by atoms with Gasteiger partial charge < -0.3 is 44.6 Å². The summed E-state index contributed by atoms with van der Waals surface area (Å²) in [5, 5.41) is 55.6. The highest BCUT2D eigenvalue weighted by Crippen LogP contribution is 2.38. The largest absolute Gasteiger partial charge is 0.460 e. The molecule has 1 aliphatic carbocycles. The molecular formula is C50H77NO12. The number of allylic oxidation sites excluding steroid dienone is 7. The number of piperidine rings is 1. The molecule has 3 heterocycles. The lowest BCUT2D eigenvalue weighted by Crippen LogP contribution is -2.54. The molecule has 13 heteroatoms. The van der Waals surface area contributed by atoms with Crippen LogP contribution in [0.1, 0.15) is 125 Å². The van der Waals surface area contributed by atoms with Gasteiger partial charge in [-0.2, -0.15) is 0 Å². The van der Waals surface area contributed by atoms with Gasteiger partial charge in [-0.05, 0) is 107 Å². The Kier molecular flexibility index (Phi) is 20.2. The van der Waals surface area contributed by atoms with E-state index < -0.39 is 77.9 Å². The summed E-state index contributed by atoms with van der Waals surface area (Å²) in [6.07, 6.45) is 11.2. The lowest BCUT2D eigenvalue weighted by Gasteiger charge is -2.44. The molecule has 3 aliphatic heterocycles. The van der Waals surface area contributed by atoms with Crippen molar-refractivity contribution in [3.63, 3.8) is 0 Å². The van der Waals surface area contributed by atoms with E-state index in [4.69, 9.17) is 14.2 Å². The second-order valence-corrected chi connectivity index (χ2v) is 19.2. The van der Waals surface area contributed by atoms with Crippen LogP contribution in [0.15, 0.2) is 60.3 Å². The number of ether oxygens (including phenoxy) is 3. The van der Waals surface area contributed by atoms with Gasteiger partial charge in [0.2, 0.25) is 5.91 Å². The van der Waals surface area contributed by atoms with Crippen LogP contribution in [-0.4, -0.2) is 122 Å². The second kappa shape index (κ2) is 24.3. The highest BCUT2D eigenvalue weighted by molar-refractivity contribution is 5.87. The summed E-state index contributed by atoms with van der Waals surface area (Å²) < 4.78 is 18.1. The second-order valence-electron chi connectivity index (χ2n) is 19.2. The van der Waals surface area contributed by atoms with Crippen LogP contribution in [0, 0.1) is 35.5 Å². The summed E-state index contributed by atoms with van der Waals surface area (Å²) in [6, 6.07) is -0.941. The Morgan fingerprint density at radius 2 is 1.65 bits per heavy atom. The first-order chi connectivity index (χ1) is 29.8. The maximum Gasteiger partial charge on any atom is 0.329 e. The average molecular weight is 884 g/mol. The summed E-state index contributed by atoms with van der Waals surface area (Å²) in [5.74, 6) is -5.89. The van der Waals surface area contributed by atoms with E-state index in [1.54, 1.807) is 59.1 Å². The van der Waals surface area contributed by atoms with Crippen molar-refractivity contribution in [3.8, 4) is 0 Å². The normalized spacial score (nSPS) is 41.2. The van der Waals surface area contributed by atoms with Gasteiger partial charge >= 0.3 is 5.97 Å². The first-order valence-corrected chi connectivity index (χ1v) is 23.3. The Morgan fingerprint density at radius 3 is 2.35 bits per heavy atom. The minimum atomic E-state index is -1.82. The van der Waals surface area contributed by atoms with Crippen molar-refractivity contribution < 1.29 is 58.9 Å². The first-order valence-electron chi connectivity index (χ1n) is 23.3. The number of cyclic esters (lactones) is 1. The molecule has 0 spiro atoms. The lowest BCUT2D eigenvalue weighted by molar-refractivity contribution is -0.283. The Labute approximate surface area is 375 Å². The summed E-state index contributed by atoms with van der Waals surface area (Å²) in [5.41, 5.74) is 0.928. The van der Waals surface area contributed by atoms with E-state index in [1.807, 2.05) is 26.0 Å². The third-order valence-corrected chi connectivity index (χ3v) is 14.2. The van der Waals surface area contributed by atoms with Gasteiger partial charge in [0.25, 0.3) is 0 Å². The number of esters is 1. The van der Waals surface area contributed by atoms with Crippen molar-refractivity contribution >= 4 is 23.4 Å². The van der Waals surface area contributed by atoms with Gasteiger partial charge in [-0.1, -0.05) is 70.2 Å². The van der Waals surface area contributed by atoms with Crippen LogP contribution in [0.3, 0.4) is 0 Å². The minimum absolute atomic E-state index is 0.137. The number of aliphatic hydroxyl groups is 5. The zero-order chi connectivity index (χ0) is 46.6. The Hall–Kier alpha value is -3.30. The van der Waals surface area contributed by atoms with E-state index >= 15 is 0 Å². The Morgan fingerprint density at radius 1 is 0.921 bits per heavy atom. The Bertz CT molecular complexity index is 1690. The molecular weight excluding hydrogens is 807 g/mol. The molecule has 0 unspecified atom stereocenters. The van der Waals surface area contributed by atoms with Crippen molar-refractivity contribution in [1.29, 1.82) is 0 Å². The zero-order valence-electron chi connectivity index (χ0n) is 38.8. The molecule has 1 saturated carbocycles. The standard InChI is InChI=1S/C50H77NO12/c1-9-36-16-12-10-11-15-30(2)41(53)27-38-20-18-35(7)50(60,63-38)29-45(55)51-22-14-13-17-39(51)49(59)62-43(32(4)24-37-19-21-40(52)44(26-37)61-8)28-42(54)31(3)23-33(5)46(56)48(58)47(57)34(6)25-36/h9-12,15-16,23,31-32,34-41,43-44,46,48,52-53,56,58,60H,1,13-14,17-22,24-29H2,2-8H3/b11-10+,16-12+,30-15+,33-23+/t31-,32-,34-,35-,36-,37+,38+,39+,40-,41+,43+,44-,46-,48-,50+/m1/s1. The van der Waals surface area contributed by atoms with Gasteiger partial charge in [0.1, 0.15) is 30.1 Å². The number of ketones is 2. The van der Waals surface area contributed by atoms with Crippen LogP contribution in [0.4, 0.5) is 0 Å². The van der Waals surface area contributed by atoms with Crippen LogP contribution in [0.2, 0.25) is 0 Å². The first kappa shape index (κ1) is 52.3. The molecule has 63 heavy (non-hydrogen) atoms. The number of fused-ring (bicyclic) bond motifs is 3. The number of hydrogen-bond acceptors (Lipinski definition) is 12. The highest BCUT2D eigenvalue weighted by Gasteiger charge is 2.46. The maximum atomic E-state index is 14.3. The topological polar surface area (TPSA) is 200 Å². The van der Waals surface area contributed by atoms with Gasteiger partial charge in [-0.15, -0.1) is 6.58 Å². The number of nitrogens with zero attached hydrogens (tertiary/aromatic N) is 1. The molecule has 13 nitrogen and oxygen atoms in total. The van der Waals surface area contributed by atoms with Crippen molar-refractivity contribution in [1.82, 2.24) is 4.90 Å². The molecule has 4 aliphatic rings. The van der Waals surface area contributed by atoms with Gasteiger partial charge in [0.05, 0.1) is 30.8 Å². The SMILES string of the molecule is C=C[C@@H]1/C=C/C=C/C=C(\C)[C@@H](O)C[C@@H]2CC[C@@H](C)[C@](O)(CC(=O)N3CCCC[C@H]3C(=O)O[C@H]([C@H](C)C[C@@H]3CC[C@@H](O)[C@H](OC)C3)CC(=O)[C@H](C)/C=C(\C)[C@@H](O)[C@@H](O)C(=O)[C@H](C)C1)O2. The van der Waals surface area contributed by atoms with Crippen LogP contribution in [0.25, 0.3) is 0 Å². The molecule has 5 N–H and O–H groups in total. The number of Topliss-reactive ketones (excluding diaryl/α,β-unsaturated/α-hetero) is 2. The van der Waals surface area contributed by atoms with E-state index in [0.29, 0.717) is 63.4 Å². The van der Waals surface area contributed by atoms with Crippen molar-refractivity contribution in [2.75, 3.05) is 13.7 Å². The summed E-state index contributed by atoms with van der Waals surface area (Å²) >= 11 is 0. The number of hydrogen-bond donors (Lipinski definition) is 5. The van der Waals surface area contributed by atoms with E-state index in [0.717, 1.165) is 6.42 Å². The molecule has 0 aromatic rings. The minimum Gasteiger partial charge on any atom is -0.460 e. The predicted molar refractivity (Wildman–Crippen MR) is 240 cm³/mol. The number of carbonyl (C=O) groups is 4. The monoisotopic (exact) mass is 884 g/mol. The van der Waals surface area contributed by atoms with Crippen molar-refractivity contribution in [2.45, 2.75) is 180 Å². The van der Waals surface area contributed by atoms with E-state index in [9.17, 15) is 44.7 Å². The molecule has 15 atom stereocenters. The highest BCUT2D eigenvalue weighted by atomic mass is 16.6. The van der Waals surface area contributed by atoms with Crippen LogP contribution in [-0.2, 0) is 33.4 Å². The van der Waals surface area contributed by atoms with E-state index in [1.165, 1.54) is 11.0 Å². The van der Waals surface area contributed by atoms with Gasteiger partial charge in [0, 0.05) is 44.2 Å². The molecule has 0 aromatic heterocycles. The molecule has 2 bridgehead atoms. The number of rotatable bonds is 5. The Balaban J connectivity index is 1.66. The van der Waals surface area contributed by atoms with E-state index in [-0.39, 0.29) is 66.9 Å². The van der Waals surface area contributed by atoms with Crippen LogP contribution >= 0.6 is 0 Å². The third kappa shape index (κ3) is 14.6. The fourth-order valence-electron chi connectivity index (χ4n) is 9.70. The summed E-state index contributed by atoms with van der Waals surface area (Å²) in [4.78, 5) is 57.3. The fourth-order valence-corrected chi connectivity index (χ4v) is 9.70. The summed E-state index contributed by atoms with van der Waals surface area (Å²) in [7, 11) is 1.57. The summed E-state index contributed by atoms with van der Waals surface area (Å²) in [6.45, 7) is 14.6. The van der Waals surface area contributed by atoms with Gasteiger partial charge in [-0.3, -0.25) is 14.4 Å². The number of aliphatic hydroxyl groups excluding tert-OH is 4. The van der Waals surface area contributed by atoms with Crippen LogP contribution in [0.5, 0.6) is 0 Å². The van der Waals surface area contributed by atoms with Crippen molar-refractivity contribution in [2.24, 2.45) is 35.5 Å². The quantitative estimate of drug-likeness (QED) is 0.163. The molecule has 1 amide bonds. The molecule has 4 rings (SSSR count). The predicted octanol–water partition coefficient (Wildman–Crippen LogP) is 5.86. The number of carbonyl (C=O) groups excluding carboxylic acids is 4. The lowest BCUT2D eigenvalue weighted by atomic mass is 9.78. The fraction of sp³-hybridized carbons (Fsp3) is 0.720. The molecule has 0 radical (unpaired) electrons. The molecule has 2 saturated heterocycles. The van der Waals surface area contributed by atoms with Crippen LogP contribution < -0.4 is 0 Å². The zero-order valence-corrected chi connectivity index (χ0v) is 38.8. The maximum absolute atomic E-state index is 14.3. The number of methoxy groups -OCH3 is 1. The molecule has 354 valence electrons.